The molecule has 2 aromatic carbocycles. The van der Waals surface area contributed by atoms with Crippen LogP contribution in [-0.4, -0.2) is 25.4 Å². The lowest BCUT2D eigenvalue weighted by molar-refractivity contribution is 0.0977. The summed E-state index contributed by atoms with van der Waals surface area (Å²) in [7, 11) is -3.96. The van der Waals surface area contributed by atoms with Crippen molar-refractivity contribution in [1.29, 1.82) is 0 Å². The third-order valence-corrected chi connectivity index (χ3v) is 4.70. The molecule has 0 saturated carbocycles. The number of hydrogen-bond acceptors (Lipinski definition) is 4. The van der Waals surface area contributed by atoms with Crippen LogP contribution in [0.1, 0.15) is 15.9 Å². The lowest BCUT2D eigenvalue weighted by atomic mass is 10.1. The minimum Gasteiger partial charge on any atom is -0.369 e. The second-order valence-electron chi connectivity index (χ2n) is 5.29. The van der Waals surface area contributed by atoms with Crippen LogP contribution >= 0.6 is 12.2 Å². The highest BCUT2D eigenvalue weighted by atomic mass is 32.2. The highest BCUT2D eigenvalue weighted by Gasteiger charge is 2.13. The topological polar surface area (TPSA) is 140 Å². The van der Waals surface area contributed by atoms with Crippen LogP contribution < -0.4 is 22.1 Å². The average molecular weight is 391 g/mol. The first-order valence-corrected chi connectivity index (χ1v) is 9.17. The smallest absolute Gasteiger partial charge is 0.285 e. The molecular formula is C16H17N5O3S2. The number of nitrogens with two attached hydrogens (primary N) is 2. The number of nitrogens with zero attached hydrogens (tertiary/aromatic N) is 1. The summed E-state index contributed by atoms with van der Waals surface area (Å²) >= 11 is 5.09. The number of amides is 1. The van der Waals surface area contributed by atoms with E-state index in [9.17, 15) is 13.2 Å². The molecule has 0 aliphatic rings. The van der Waals surface area contributed by atoms with Gasteiger partial charge in [-0.1, -0.05) is 17.7 Å². The van der Waals surface area contributed by atoms with E-state index in [1.165, 1.54) is 24.3 Å². The molecule has 0 fully saturated rings. The summed E-state index contributed by atoms with van der Waals surface area (Å²) in [6.07, 6.45) is 0. The zero-order valence-corrected chi connectivity index (χ0v) is 15.4. The maximum Gasteiger partial charge on any atom is 0.285 e. The number of aryl methyl sites for hydroxylation is 1. The minimum absolute atomic E-state index is 0.0777. The fourth-order valence-corrected chi connectivity index (χ4v) is 3.02. The van der Waals surface area contributed by atoms with Gasteiger partial charge in [0.1, 0.15) is 0 Å². The molecule has 2 aromatic rings. The Morgan fingerprint density at radius 2 is 1.62 bits per heavy atom. The van der Waals surface area contributed by atoms with Crippen molar-refractivity contribution in [3.63, 3.8) is 0 Å². The van der Waals surface area contributed by atoms with E-state index in [4.69, 9.17) is 23.7 Å². The van der Waals surface area contributed by atoms with Gasteiger partial charge in [0.15, 0.2) is 5.11 Å². The molecule has 0 aliphatic heterocycles. The van der Waals surface area contributed by atoms with Gasteiger partial charge < -0.3 is 16.8 Å². The summed E-state index contributed by atoms with van der Waals surface area (Å²) in [4.78, 5) is 12.0. The highest BCUT2D eigenvalue weighted by molar-refractivity contribution is 7.90. The third kappa shape index (κ3) is 5.26. The van der Waals surface area contributed by atoms with E-state index < -0.39 is 16.0 Å². The molecule has 6 N–H and O–H groups in total. The van der Waals surface area contributed by atoms with Gasteiger partial charge in [0.05, 0.1) is 4.90 Å². The zero-order chi connectivity index (χ0) is 19.3. The van der Waals surface area contributed by atoms with Crippen molar-refractivity contribution in [1.82, 2.24) is 5.32 Å². The van der Waals surface area contributed by atoms with Gasteiger partial charge in [-0.05, 0) is 55.5 Å². The van der Waals surface area contributed by atoms with Gasteiger partial charge in [-0.2, -0.15) is 8.42 Å². The largest absolute Gasteiger partial charge is 0.369 e. The number of thiocarbonyl (C=S) groups is 1. The summed E-state index contributed by atoms with van der Waals surface area (Å²) in [6, 6.07) is 12.6. The van der Waals surface area contributed by atoms with E-state index in [0.29, 0.717) is 11.3 Å². The molecule has 0 unspecified atom stereocenters. The second kappa shape index (κ2) is 7.93. The molecular weight excluding hydrogens is 374 g/mol. The van der Waals surface area contributed by atoms with Crippen molar-refractivity contribution in [2.75, 3.05) is 5.32 Å². The fraction of sp³-hybridized carbons (Fsp3) is 0.0625. The number of rotatable bonds is 4. The monoisotopic (exact) mass is 391 g/mol. The SMILES string of the molecule is Cc1ccc(C(=O)NC(=S)Nc2ccc(S(=O)(=O)N=C(N)N)cc2)cc1. The van der Waals surface area contributed by atoms with E-state index in [1.807, 2.05) is 19.1 Å². The molecule has 0 bridgehead atoms. The van der Waals surface area contributed by atoms with Crippen molar-refractivity contribution in [2.45, 2.75) is 11.8 Å². The maximum atomic E-state index is 12.1. The molecule has 26 heavy (non-hydrogen) atoms. The Morgan fingerprint density at radius 3 is 2.15 bits per heavy atom. The lowest BCUT2D eigenvalue weighted by Gasteiger charge is -2.10. The third-order valence-electron chi connectivity index (χ3n) is 3.18. The van der Waals surface area contributed by atoms with Gasteiger partial charge in [-0.3, -0.25) is 10.1 Å². The Morgan fingerprint density at radius 1 is 1.04 bits per heavy atom. The van der Waals surface area contributed by atoms with Crippen LogP contribution in [0.25, 0.3) is 0 Å². The number of hydrogen-bond donors (Lipinski definition) is 4. The molecule has 8 nitrogen and oxygen atoms in total. The van der Waals surface area contributed by atoms with Crippen molar-refractivity contribution >= 4 is 44.9 Å². The lowest BCUT2D eigenvalue weighted by Crippen LogP contribution is -2.34. The predicted octanol–water partition coefficient (Wildman–Crippen LogP) is 1.08. The number of anilines is 1. The van der Waals surface area contributed by atoms with E-state index >= 15 is 0 Å². The number of carbonyl (C=O) groups is 1. The molecule has 0 heterocycles. The maximum absolute atomic E-state index is 12.1. The van der Waals surface area contributed by atoms with Gasteiger partial charge in [-0.25, -0.2) is 0 Å². The number of guanidine groups is 1. The van der Waals surface area contributed by atoms with Crippen LogP contribution in [0.3, 0.4) is 0 Å². The molecule has 2 rings (SSSR count). The Kier molecular flexibility index (Phi) is 5.90. The van der Waals surface area contributed by atoms with Crippen molar-refractivity contribution < 1.29 is 13.2 Å². The molecule has 0 aliphatic carbocycles. The number of sulfonamides is 1. The normalized spacial score (nSPS) is 10.7. The fourth-order valence-electron chi connectivity index (χ4n) is 1.94. The van der Waals surface area contributed by atoms with Gasteiger partial charge in [0.25, 0.3) is 15.9 Å². The first-order chi connectivity index (χ1) is 12.2. The summed E-state index contributed by atoms with van der Waals surface area (Å²) < 4.78 is 26.9. The molecule has 0 aromatic heterocycles. The van der Waals surface area contributed by atoms with E-state index in [2.05, 4.69) is 15.0 Å². The summed E-state index contributed by atoms with van der Waals surface area (Å²) in [5.74, 6) is -0.901. The van der Waals surface area contributed by atoms with Crippen molar-refractivity contribution in [2.24, 2.45) is 15.9 Å². The molecule has 10 heteroatoms. The van der Waals surface area contributed by atoms with Crippen molar-refractivity contribution in [3.05, 3.63) is 59.7 Å². The molecule has 0 atom stereocenters. The van der Waals surface area contributed by atoms with Gasteiger partial charge in [-0.15, -0.1) is 4.40 Å². The number of carbonyl (C=O) groups excluding carboxylic acids is 1. The molecule has 0 saturated heterocycles. The first kappa shape index (κ1) is 19.3. The van der Waals surface area contributed by atoms with Crippen LogP contribution in [-0.2, 0) is 10.0 Å². The Balaban J connectivity index is 2.02. The second-order valence-corrected chi connectivity index (χ2v) is 7.30. The molecule has 136 valence electrons. The van der Waals surface area contributed by atoms with Crippen LogP contribution in [0.15, 0.2) is 57.8 Å². The predicted molar refractivity (Wildman–Crippen MR) is 104 cm³/mol. The Bertz CT molecular complexity index is 948. The average Bonchev–Trinajstić information content (AvgIpc) is 2.54. The van der Waals surface area contributed by atoms with E-state index in [-0.39, 0.29) is 15.9 Å². The standard InChI is InChI=1S/C16H17N5O3S2/c1-10-2-4-11(5-3-10)14(22)20-16(25)19-12-6-8-13(9-7-12)26(23,24)21-15(17)18/h2-9H,1H3,(H4,17,18,21)(H2,19,20,22,25). The minimum atomic E-state index is -3.96. The van der Waals surface area contributed by atoms with E-state index in [1.54, 1.807) is 12.1 Å². The highest BCUT2D eigenvalue weighted by Crippen LogP contribution is 2.16. The van der Waals surface area contributed by atoms with Crippen LogP contribution in [0, 0.1) is 6.92 Å². The quantitative estimate of drug-likeness (QED) is 0.347. The molecule has 1 amide bonds. The molecule has 0 radical (unpaired) electrons. The first-order valence-electron chi connectivity index (χ1n) is 7.32. The zero-order valence-electron chi connectivity index (χ0n) is 13.8. The van der Waals surface area contributed by atoms with Gasteiger partial charge in [0, 0.05) is 11.3 Å². The summed E-state index contributed by atoms with van der Waals surface area (Å²) in [6.45, 7) is 1.92. The Labute approximate surface area is 156 Å². The van der Waals surface area contributed by atoms with Gasteiger partial charge in [0.2, 0.25) is 5.96 Å². The van der Waals surface area contributed by atoms with Crippen molar-refractivity contribution in [3.8, 4) is 0 Å². The number of nitrogens with one attached hydrogen (secondary N) is 2. The summed E-state index contributed by atoms with van der Waals surface area (Å²) in [5.41, 5.74) is 12.2. The number of benzene rings is 2. The molecule has 0 spiro atoms. The van der Waals surface area contributed by atoms with Gasteiger partial charge >= 0.3 is 0 Å². The summed E-state index contributed by atoms with van der Waals surface area (Å²) in [5, 5.41) is 5.42. The van der Waals surface area contributed by atoms with Crippen LogP contribution in [0.4, 0.5) is 5.69 Å². The van der Waals surface area contributed by atoms with Crippen LogP contribution in [0.5, 0.6) is 0 Å². The van der Waals surface area contributed by atoms with Crippen LogP contribution in [0.2, 0.25) is 0 Å². The van der Waals surface area contributed by atoms with E-state index in [0.717, 1.165) is 5.56 Å². The Hall–Kier alpha value is -2.98.